The smallest absolute Gasteiger partial charge is 0.306 e. The zero-order chi connectivity index (χ0) is 57.8. The first kappa shape index (κ1) is 76.6. The summed E-state index contributed by atoms with van der Waals surface area (Å²) in [6, 6.07) is 0. The summed E-state index contributed by atoms with van der Waals surface area (Å²) in [5, 5.41) is 0. The highest BCUT2D eigenvalue weighted by Gasteiger charge is 2.19. The van der Waals surface area contributed by atoms with Crippen molar-refractivity contribution >= 4 is 17.9 Å². The van der Waals surface area contributed by atoms with Gasteiger partial charge in [-0.3, -0.25) is 14.4 Å². The van der Waals surface area contributed by atoms with Gasteiger partial charge < -0.3 is 14.2 Å². The Labute approximate surface area is 496 Å². The summed E-state index contributed by atoms with van der Waals surface area (Å²) in [6.07, 6.45) is 90.3. The molecule has 0 spiro atoms. The van der Waals surface area contributed by atoms with Gasteiger partial charge in [-0.2, -0.15) is 0 Å². The monoisotopic (exact) mass is 1110 g/mol. The number of esters is 3. The molecule has 6 nitrogen and oxygen atoms in total. The van der Waals surface area contributed by atoms with Gasteiger partial charge in [-0.1, -0.05) is 318 Å². The van der Waals surface area contributed by atoms with Crippen molar-refractivity contribution in [2.24, 2.45) is 0 Å². The minimum Gasteiger partial charge on any atom is -0.462 e. The van der Waals surface area contributed by atoms with Gasteiger partial charge in [0.05, 0.1) is 0 Å². The van der Waals surface area contributed by atoms with Gasteiger partial charge in [-0.15, -0.1) is 0 Å². The number of unbranched alkanes of at least 4 members (excludes halogenated alkanes) is 38. The lowest BCUT2D eigenvalue weighted by atomic mass is 10.0. The zero-order valence-electron chi connectivity index (χ0n) is 53.1. The fraction of sp³-hybridized carbons (Fsp3) is 0.770. The zero-order valence-corrected chi connectivity index (χ0v) is 53.1. The van der Waals surface area contributed by atoms with E-state index in [4.69, 9.17) is 14.2 Å². The van der Waals surface area contributed by atoms with Crippen molar-refractivity contribution in [2.45, 2.75) is 354 Å². The number of hydrogen-bond donors (Lipinski definition) is 0. The number of allylic oxidation sites excluding steroid dienone is 14. The van der Waals surface area contributed by atoms with Crippen molar-refractivity contribution in [3.05, 3.63) is 85.1 Å². The number of carbonyl (C=O) groups is 3. The molecule has 0 saturated heterocycles. The van der Waals surface area contributed by atoms with E-state index in [0.717, 1.165) is 109 Å². The fourth-order valence-electron chi connectivity index (χ4n) is 9.97. The molecule has 0 N–H and O–H groups in total. The lowest BCUT2D eigenvalue weighted by molar-refractivity contribution is -0.167. The maximum atomic E-state index is 12.9. The molecule has 0 bridgehead atoms. The minimum absolute atomic E-state index is 0.0776. The third-order valence-electron chi connectivity index (χ3n) is 15.1. The third-order valence-corrected chi connectivity index (χ3v) is 15.1. The molecule has 1 atom stereocenters. The van der Waals surface area contributed by atoms with E-state index in [-0.39, 0.29) is 31.1 Å². The molecule has 0 aliphatic rings. The number of ether oxygens (including phenoxy) is 3. The molecular weight excluding hydrogens is 985 g/mol. The van der Waals surface area contributed by atoms with Gasteiger partial charge >= 0.3 is 17.9 Å². The molecule has 0 aliphatic heterocycles. The Morgan fingerprint density at radius 3 is 0.787 bits per heavy atom. The molecule has 0 heterocycles. The normalized spacial score (nSPS) is 12.6. The van der Waals surface area contributed by atoms with E-state index in [2.05, 4.69) is 106 Å². The second-order valence-electron chi connectivity index (χ2n) is 23.1. The molecule has 0 aromatic carbocycles. The van der Waals surface area contributed by atoms with Crippen LogP contribution in [0, 0.1) is 0 Å². The summed E-state index contributed by atoms with van der Waals surface area (Å²) in [4.78, 5) is 38.4. The van der Waals surface area contributed by atoms with Crippen molar-refractivity contribution in [3.8, 4) is 0 Å². The summed E-state index contributed by atoms with van der Waals surface area (Å²) in [5.41, 5.74) is 0. The van der Waals surface area contributed by atoms with E-state index >= 15 is 0 Å². The highest BCUT2D eigenvalue weighted by Crippen LogP contribution is 2.18. The number of hydrogen-bond acceptors (Lipinski definition) is 6. The molecule has 0 fully saturated rings. The number of rotatable bonds is 63. The molecule has 0 aliphatic carbocycles. The minimum atomic E-state index is -0.782. The Balaban J connectivity index is 4.27. The van der Waals surface area contributed by atoms with Gasteiger partial charge in [-0.25, -0.2) is 0 Å². The Morgan fingerprint density at radius 1 is 0.263 bits per heavy atom. The molecule has 1 unspecified atom stereocenters. The van der Waals surface area contributed by atoms with E-state index in [1.807, 2.05) is 0 Å². The topological polar surface area (TPSA) is 78.9 Å². The van der Waals surface area contributed by atoms with Crippen LogP contribution in [0.5, 0.6) is 0 Å². The predicted molar refractivity (Wildman–Crippen MR) is 348 cm³/mol. The average molecular weight is 1120 g/mol. The SMILES string of the molecule is CC/C=C\C/C=C\C/C=C\C/C=C\C/C=C\CCCCCCCCCCCCCCCC(=O)OCC(COC(=O)CCCCCCC/C=C\C/C=C\CCCCC)OC(=O)CCCCCCCCCCCCCCCCCCCC. The Kier molecular flexibility index (Phi) is 65.2. The molecule has 6 heteroatoms. The highest BCUT2D eigenvalue weighted by atomic mass is 16.6. The second-order valence-corrected chi connectivity index (χ2v) is 23.1. The molecule has 0 aromatic heterocycles. The largest absolute Gasteiger partial charge is 0.462 e. The summed E-state index contributed by atoms with van der Waals surface area (Å²) < 4.78 is 17.0. The molecule has 0 saturated carbocycles. The van der Waals surface area contributed by atoms with E-state index in [9.17, 15) is 14.4 Å². The fourth-order valence-corrected chi connectivity index (χ4v) is 9.97. The standard InChI is InChI=1S/C74H130O6/c1-4-7-10-13-16-19-22-25-28-30-32-33-34-35-36-37-38-39-40-41-42-44-46-49-52-55-58-61-64-67-73(76)79-70-71(69-78-72(75)66-63-60-57-54-51-48-45-27-24-21-18-15-12-9-6-3)80-74(77)68-65-62-59-56-53-50-47-43-31-29-26-23-20-17-14-11-8-5-2/h7,10,16,18-19,21,25,27-28,32-33,35-36,45,71H,4-6,8-9,11-15,17,20,22-24,26,29-31,34,37-44,46-70H2,1-3H3/b10-7-,19-16-,21-18-,28-25-,33-32-,36-35-,45-27-. The predicted octanol–water partition coefficient (Wildman–Crippen LogP) is 23.8. The van der Waals surface area contributed by atoms with Crippen LogP contribution < -0.4 is 0 Å². The van der Waals surface area contributed by atoms with E-state index in [1.54, 1.807) is 0 Å². The Hall–Kier alpha value is -3.41. The molecule has 80 heavy (non-hydrogen) atoms. The molecule has 0 aromatic rings. The maximum absolute atomic E-state index is 12.9. The molecule has 0 amide bonds. The van der Waals surface area contributed by atoms with Gasteiger partial charge in [0.1, 0.15) is 13.2 Å². The van der Waals surface area contributed by atoms with Crippen LogP contribution in [-0.4, -0.2) is 37.2 Å². The highest BCUT2D eigenvalue weighted by molar-refractivity contribution is 5.71. The van der Waals surface area contributed by atoms with Crippen molar-refractivity contribution in [3.63, 3.8) is 0 Å². The van der Waals surface area contributed by atoms with Crippen LogP contribution in [-0.2, 0) is 28.6 Å². The molecular formula is C74H130O6. The summed E-state index contributed by atoms with van der Waals surface area (Å²) >= 11 is 0. The summed E-state index contributed by atoms with van der Waals surface area (Å²) in [7, 11) is 0. The van der Waals surface area contributed by atoms with Crippen LogP contribution in [0.4, 0.5) is 0 Å². The van der Waals surface area contributed by atoms with Crippen LogP contribution in [0.25, 0.3) is 0 Å². The van der Waals surface area contributed by atoms with Crippen LogP contribution in [0.2, 0.25) is 0 Å². The maximum Gasteiger partial charge on any atom is 0.306 e. The van der Waals surface area contributed by atoms with Crippen LogP contribution >= 0.6 is 0 Å². The van der Waals surface area contributed by atoms with Crippen LogP contribution in [0.3, 0.4) is 0 Å². The summed E-state index contributed by atoms with van der Waals surface area (Å²) in [6.45, 7) is 6.54. The van der Waals surface area contributed by atoms with E-state index in [0.29, 0.717) is 19.3 Å². The first-order valence-corrected chi connectivity index (χ1v) is 34.6. The molecule has 462 valence electrons. The lowest BCUT2D eigenvalue weighted by Gasteiger charge is -2.18. The third kappa shape index (κ3) is 65.4. The van der Waals surface area contributed by atoms with Crippen molar-refractivity contribution < 1.29 is 28.6 Å². The van der Waals surface area contributed by atoms with E-state index in [1.165, 1.54) is 199 Å². The van der Waals surface area contributed by atoms with Gasteiger partial charge in [0.15, 0.2) is 6.10 Å². The van der Waals surface area contributed by atoms with Crippen molar-refractivity contribution in [2.75, 3.05) is 13.2 Å². The summed E-state index contributed by atoms with van der Waals surface area (Å²) in [5.74, 6) is -0.873. The van der Waals surface area contributed by atoms with Crippen LogP contribution in [0.1, 0.15) is 348 Å². The quantitative estimate of drug-likeness (QED) is 0.0261. The Bertz CT molecular complexity index is 1520. The first-order valence-electron chi connectivity index (χ1n) is 34.6. The Morgan fingerprint density at radius 2 is 0.487 bits per heavy atom. The number of carbonyl (C=O) groups excluding carboxylic acids is 3. The molecule has 0 radical (unpaired) electrons. The van der Waals surface area contributed by atoms with Crippen molar-refractivity contribution in [1.29, 1.82) is 0 Å². The van der Waals surface area contributed by atoms with Gasteiger partial charge in [-0.05, 0) is 96.3 Å². The van der Waals surface area contributed by atoms with Gasteiger partial charge in [0, 0.05) is 19.3 Å². The molecule has 0 rings (SSSR count). The second kappa shape index (κ2) is 68.1. The van der Waals surface area contributed by atoms with Gasteiger partial charge in [0.2, 0.25) is 0 Å². The van der Waals surface area contributed by atoms with E-state index < -0.39 is 6.10 Å². The van der Waals surface area contributed by atoms with Crippen molar-refractivity contribution in [1.82, 2.24) is 0 Å². The van der Waals surface area contributed by atoms with Gasteiger partial charge in [0.25, 0.3) is 0 Å². The first-order chi connectivity index (χ1) is 39.5. The lowest BCUT2D eigenvalue weighted by Crippen LogP contribution is -2.30. The average Bonchev–Trinajstić information content (AvgIpc) is 3.46. The van der Waals surface area contributed by atoms with Crippen LogP contribution in [0.15, 0.2) is 85.1 Å².